The van der Waals surface area contributed by atoms with E-state index in [0.717, 1.165) is 70.6 Å². The number of hydrogen-bond acceptors (Lipinski definition) is 6. The third-order valence-electron chi connectivity index (χ3n) is 13.1. The summed E-state index contributed by atoms with van der Waals surface area (Å²) in [5, 5.41) is 0. The molecule has 6 saturated carbocycles. The molecule has 0 saturated heterocycles. The summed E-state index contributed by atoms with van der Waals surface area (Å²) in [4.78, 5) is 14.2. The van der Waals surface area contributed by atoms with Gasteiger partial charge in [0.2, 0.25) is 0 Å². The monoisotopic (exact) mass is 588 g/mol. The van der Waals surface area contributed by atoms with Crippen molar-refractivity contribution in [1.82, 2.24) is 0 Å². The molecular weight excluding hydrogens is 528 g/mol. The van der Waals surface area contributed by atoms with Crippen molar-refractivity contribution >= 4 is 5.97 Å². The zero-order valence-electron chi connectivity index (χ0n) is 27.7. The Morgan fingerprint density at radius 3 is 1.90 bits per heavy atom. The Morgan fingerprint density at radius 1 is 0.786 bits per heavy atom. The van der Waals surface area contributed by atoms with E-state index in [9.17, 15) is 4.79 Å². The second kappa shape index (κ2) is 11.3. The predicted molar refractivity (Wildman–Crippen MR) is 163 cm³/mol. The summed E-state index contributed by atoms with van der Waals surface area (Å²) >= 11 is 0. The number of carbonyl (C=O) groups is 1. The normalized spacial score (nSPS) is 40.1. The number of ether oxygens (including phenoxy) is 5. The first-order valence-electron chi connectivity index (χ1n) is 17.7. The fourth-order valence-corrected chi connectivity index (χ4v) is 11.0. The van der Waals surface area contributed by atoms with E-state index in [0.29, 0.717) is 31.7 Å². The third-order valence-corrected chi connectivity index (χ3v) is 13.1. The highest BCUT2D eigenvalue weighted by Gasteiger charge is 2.93. The van der Waals surface area contributed by atoms with Crippen molar-refractivity contribution < 1.29 is 28.5 Å². The summed E-state index contributed by atoms with van der Waals surface area (Å²) < 4.78 is 33.0. The molecule has 0 radical (unpaired) electrons. The van der Waals surface area contributed by atoms with Crippen LogP contribution in [0.15, 0.2) is 0 Å². The number of carbonyl (C=O) groups excluding carboxylic acids is 1. The predicted octanol–water partition coefficient (Wildman–Crippen LogP) is 8.49. The minimum absolute atomic E-state index is 0.00784. The summed E-state index contributed by atoms with van der Waals surface area (Å²) in [6.45, 7) is 14.0. The molecule has 6 heteroatoms. The van der Waals surface area contributed by atoms with Crippen LogP contribution < -0.4 is 0 Å². The van der Waals surface area contributed by atoms with E-state index in [4.69, 9.17) is 23.7 Å². The average molecular weight is 589 g/mol. The van der Waals surface area contributed by atoms with Crippen molar-refractivity contribution in [3.63, 3.8) is 0 Å². The Morgan fingerprint density at radius 2 is 1.36 bits per heavy atom. The smallest absolute Gasteiger partial charge is 0.312 e. The number of esters is 1. The van der Waals surface area contributed by atoms with Gasteiger partial charge in [0.1, 0.15) is 19.2 Å². The molecule has 1 spiro atoms. The lowest BCUT2D eigenvalue weighted by molar-refractivity contribution is -0.419. The van der Waals surface area contributed by atoms with Crippen LogP contribution in [0, 0.1) is 28.1 Å². The van der Waals surface area contributed by atoms with Crippen LogP contribution in [-0.2, 0) is 28.5 Å². The van der Waals surface area contributed by atoms with Crippen LogP contribution in [0.4, 0.5) is 0 Å². The molecule has 7 unspecified atom stereocenters. The van der Waals surface area contributed by atoms with Crippen molar-refractivity contribution in [2.24, 2.45) is 28.1 Å². The van der Waals surface area contributed by atoms with E-state index in [-0.39, 0.29) is 33.9 Å². The molecule has 0 N–H and O–H groups in total. The molecule has 0 aromatic carbocycles. The van der Waals surface area contributed by atoms with Crippen molar-refractivity contribution in [1.29, 1.82) is 0 Å². The van der Waals surface area contributed by atoms with Gasteiger partial charge in [-0.25, -0.2) is 0 Å². The van der Waals surface area contributed by atoms with Crippen LogP contribution in [0.5, 0.6) is 0 Å². The summed E-state index contributed by atoms with van der Waals surface area (Å²) in [5.74, 6) is 0.713. The van der Waals surface area contributed by atoms with Crippen LogP contribution in [0.2, 0.25) is 0 Å². The molecule has 42 heavy (non-hydrogen) atoms. The Kier molecular flexibility index (Phi) is 8.41. The van der Waals surface area contributed by atoms with Crippen molar-refractivity contribution in [2.45, 2.75) is 180 Å². The standard InChI is InChI=1S/C36H60O6/c1-7-26(2)32(6,20-31(3,4)5)30(37)42-33-18-27-19-34(40-24-38-28-14-10-8-11-15-28)23-35(21-33,36(27,34)22-33)41-25-39-29-16-12-9-13-17-29/h26-29H,7-25H2,1-6H3. The Bertz CT molecular complexity index is 980. The van der Waals surface area contributed by atoms with Gasteiger partial charge in [0.05, 0.1) is 28.8 Å². The molecule has 0 aliphatic heterocycles. The van der Waals surface area contributed by atoms with Crippen LogP contribution >= 0.6 is 0 Å². The topological polar surface area (TPSA) is 63.2 Å². The molecule has 0 aromatic heterocycles. The lowest BCUT2D eigenvalue weighted by Gasteiger charge is -2.77. The van der Waals surface area contributed by atoms with Crippen molar-refractivity contribution in [2.75, 3.05) is 13.6 Å². The van der Waals surface area contributed by atoms with Crippen molar-refractivity contribution in [3.8, 4) is 0 Å². The zero-order chi connectivity index (χ0) is 29.9. The quantitative estimate of drug-likeness (QED) is 0.159. The van der Waals surface area contributed by atoms with Gasteiger partial charge in [0.25, 0.3) is 0 Å². The maximum absolute atomic E-state index is 14.2. The summed E-state index contributed by atoms with van der Waals surface area (Å²) in [6, 6.07) is 0. The molecule has 0 heterocycles. The number of rotatable bonds is 13. The van der Waals surface area contributed by atoms with Gasteiger partial charge >= 0.3 is 5.97 Å². The third kappa shape index (κ3) is 5.10. The first-order valence-corrected chi connectivity index (χ1v) is 17.7. The molecule has 240 valence electrons. The molecule has 6 aliphatic rings. The van der Waals surface area contributed by atoms with Crippen molar-refractivity contribution in [3.05, 3.63) is 0 Å². The summed E-state index contributed by atoms with van der Waals surface area (Å²) in [6.07, 6.45) is 19.1. The largest absolute Gasteiger partial charge is 0.458 e. The van der Waals surface area contributed by atoms with Gasteiger partial charge in [-0.05, 0) is 75.5 Å². The van der Waals surface area contributed by atoms with Gasteiger partial charge in [0, 0.05) is 18.3 Å². The maximum Gasteiger partial charge on any atom is 0.312 e. The van der Waals surface area contributed by atoms with Crippen LogP contribution in [0.1, 0.15) is 151 Å². The molecule has 0 aromatic rings. The SMILES string of the molecule is CCC(C)C(C)(CC(C)(C)C)C(=O)OC12CC3CC4(OCOC5CCCCC5)CC(OCOC5CCCCC5)(C1)C34C2. The lowest BCUT2D eigenvalue weighted by Crippen LogP contribution is -2.83. The minimum atomic E-state index is -0.512. The molecule has 0 amide bonds. The highest BCUT2D eigenvalue weighted by Crippen LogP contribution is 2.87. The van der Waals surface area contributed by atoms with E-state index in [1.54, 1.807) is 0 Å². The highest BCUT2D eigenvalue weighted by molar-refractivity contribution is 5.77. The summed E-state index contributed by atoms with van der Waals surface area (Å²) in [7, 11) is 0. The highest BCUT2D eigenvalue weighted by atomic mass is 16.7. The average Bonchev–Trinajstić information content (AvgIpc) is 3.38. The van der Waals surface area contributed by atoms with E-state index in [1.807, 2.05) is 0 Å². The second-order valence-corrected chi connectivity index (χ2v) is 17.0. The first-order chi connectivity index (χ1) is 19.9. The molecule has 7 atom stereocenters. The minimum Gasteiger partial charge on any atom is -0.458 e. The molecule has 6 fully saturated rings. The van der Waals surface area contributed by atoms with Gasteiger partial charge in [-0.2, -0.15) is 0 Å². The van der Waals surface area contributed by atoms with Crippen LogP contribution in [0.3, 0.4) is 0 Å². The maximum atomic E-state index is 14.2. The van der Waals surface area contributed by atoms with E-state index < -0.39 is 11.0 Å². The summed E-state index contributed by atoms with van der Waals surface area (Å²) in [5.41, 5.74) is -1.58. The van der Waals surface area contributed by atoms with Gasteiger partial charge in [-0.1, -0.05) is 79.6 Å². The van der Waals surface area contributed by atoms with E-state index in [2.05, 4.69) is 41.5 Å². The number of hydrogen-bond donors (Lipinski definition) is 0. The fourth-order valence-electron chi connectivity index (χ4n) is 11.0. The Balaban J connectivity index is 1.18. The molecule has 6 nitrogen and oxygen atoms in total. The zero-order valence-corrected chi connectivity index (χ0v) is 27.7. The fraction of sp³-hybridized carbons (Fsp3) is 0.972. The Hall–Kier alpha value is -0.690. The van der Waals surface area contributed by atoms with Gasteiger partial charge in [-0.3, -0.25) is 4.79 Å². The van der Waals surface area contributed by atoms with Gasteiger partial charge in [-0.15, -0.1) is 0 Å². The molecule has 6 rings (SSSR count). The lowest BCUT2D eigenvalue weighted by atomic mass is 9.33. The molecule has 2 bridgehead atoms. The molecule has 6 aliphatic carbocycles. The van der Waals surface area contributed by atoms with E-state index >= 15 is 0 Å². The second-order valence-electron chi connectivity index (χ2n) is 17.0. The number of fused-ring (bicyclic) bond motifs is 1. The van der Waals surface area contributed by atoms with Gasteiger partial charge < -0.3 is 23.7 Å². The van der Waals surface area contributed by atoms with Gasteiger partial charge in [0.15, 0.2) is 0 Å². The van der Waals surface area contributed by atoms with Crippen LogP contribution in [-0.4, -0.2) is 48.6 Å². The first kappa shape index (κ1) is 31.3. The van der Waals surface area contributed by atoms with Crippen LogP contribution in [0.25, 0.3) is 0 Å². The van der Waals surface area contributed by atoms with E-state index in [1.165, 1.54) is 38.5 Å². The Labute approximate surface area is 255 Å². The molecular formula is C36H60O6.